The molecule has 0 fully saturated rings. The van der Waals surface area contributed by atoms with Crippen molar-refractivity contribution in [3.05, 3.63) is 59.2 Å². The number of anilines is 1. The van der Waals surface area contributed by atoms with E-state index in [1.165, 1.54) is 6.07 Å². The molecule has 0 saturated heterocycles. The van der Waals surface area contributed by atoms with Gasteiger partial charge in [-0.3, -0.25) is 9.59 Å². The van der Waals surface area contributed by atoms with Crippen LogP contribution in [0.3, 0.4) is 0 Å². The third-order valence-corrected chi connectivity index (χ3v) is 5.46. The Kier molecular flexibility index (Phi) is 6.38. The molecule has 1 atom stereocenters. The van der Waals surface area contributed by atoms with Crippen LogP contribution < -0.4 is 5.32 Å². The van der Waals surface area contributed by atoms with Crippen molar-refractivity contribution >= 4 is 27.4 Å². The maximum absolute atomic E-state index is 12.5. The first-order valence-corrected chi connectivity index (χ1v) is 10.5. The average molecular weight is 389 g/mol. The number of nitrogens with one attached hydrogen (secondary N) is 1. The maximum atomic E-state index is 12.5. The SMILES string of the molecule is CCc1ccc(C(=O)Nc2ccc(CC(C)C(=O)O)cc2)cc1S(C)(=O)=O. The molecular formula is C20H23NO5S. The van der Waals surface area contributed by atoms with Crippen molar-refractivity contribution in [2.75, 3.05) is 11.6 Å². The van der Waals surface area contributed by atoms with E-state index >= 15 is 0 Å². The van der Waals surface area contributed by atoms with Crippen molar-refractivity contribution < 1.29 is 23.1 Å². The number of rotatable bonds is 7. The van der Waals surface area contributed by atoms with E-state index in [0.717, 1.165) is 11.8 Å². The Morgan fingerprint density at radius 2 is 1.74 bits per heavy atom. The first-order valence-electron chi connectivity index (χ1n) is 8.58. The van der Waals surface area contributed by atoms with Gasteiger partial charge in [0.2, 0.25) is 0 Å². The van der Waals surface area contributed by atoms with Crippen LogP contribution in [-0.4, -0.2) is 31.7 Å². The molecule has 1 amide bonds. The van der Waals surface area contributed by atoms with Crippen LogP contribution in [0.2, 0.25) is 0 Å². The second kappa shape index (κ2) is 8.35. The molecule has 0 aliphatic carbocycles. The van der Waals surface area contributed by atoms with Crippen LogP contribution in [0.5, 0.6) is 0 Å². The van der Waals surface area contributed by atoms with Crippen molar-refractivity contribution in [2.24, 2.45) is 5.92 Å². The molecule has 2 rings (SSSR count). The Balaban J connectivity index is 2.17. The van der Waals surface area contributed by atoms with E-state index in [1.54, 1.807) is 43.3 Å². The number of carbonyl (C=O) groups is 2. The summed E-state index contributed by atoms with van der Waals surface area (Å²) in [6, 6.07) is 11.6. The number of carboxylic acids is 1. The van der Waals surface area contributed by atoms with E-state index in [2.05, 4.69) is 5.32 Å². The van der Waals surface area contributed by atoms with Crippen molar-refractivity contribution in [3.63, 3.8) is 0 Å². The second-order valence-corrected chi connectivity index (χ2v) is 8.53. The number of aryl methyl sites for hydroxylation is 1. The minimum atomic E-state index is -3.43. The smallest absolute Gasteiger partial charge is 0.306 e. The Bertz CT molecular complexity index is 949. The summed E-state index contributed by atoms with van der Waals surface area (Å²) in [5.41, 5.74) is 2.34. The number of amides is 1. The number of benzene rings is 2. The second-order valence-electron chi connectivity index (χ2n) is 6.54. The fourth-order valence-electron chi connectivity index (χ4n) is 2.70. The monoisotopic (exact) mass is 389 g/mol. The highest BCUT2D eigenvalue weighted by Gasteiger charge is 2.16. The van der Waals surface area contributed by atoms with Crippen LogP contribution in [0.1, 0.15) is 35.3 Å². The molecule has 6 nitrogen and oxygen atoms in total. The lowest BCUT2D eigenvalue weighted by Gasteiger charge is -2.11. The van der Waals surface area contributed by atoms with Gasteiger partial charge in [0.15, 0.2) is 9.84 Å². The Morgan fingerprint density at radius 3 is 2.26 bits per heavy atom. The number of hydrogen-bond acceptors (Lipinski definition) is 4. The van der Waals surface area contributed by atoms with Gasteiger partial charge >= 0.3 is 5.97 Å². The number of hydrogen-bond donors (Lipinski definition) is 2. The van der Waals surface area contributed by atoms with Gasteiger partial charge in [0.05, 0.1) is 10.8 Å². The molecule has 0 aromatic heterocycles. The molecule has 7 heteroatoms. The maximum Gasteiger partial charge on any atom is 0.306 e. The average Bonchev–Trinajstić information content (AvgIpc) is 2.61. The Labute approximate surface area is 159 Å². The quantitative estimate of drug-likeness (QED) is 0.757. The van der Waals surface area contributed by atoms with Crippen LogP contribution in [0.15, 0.2) is 47.4 Å². The molecule has 0 spiro atoms. The molecule has 27 heavy (non-hydrogen) atoms. The normalized spacial score (nSPS) is 12.4. The summed E-state index contributed by atoms with van der Waals surface area (Å²) >= 11 is 0. The summed E-state index contributed by atoms with van der Waals surface area (Å²) in [6.07, 6.45) is 2.08. The van der Waals surface area contributed by atoms with E-state index in [-0.39, 0.29) is 10.5 Å². The van der Waals surface area contributed by atoms with Gasteiger partial charge < -0.3 is 10.4 Å². The van der Waals surface area contributed by atoms with E-state index in [9.17, 15) is 18.0 Å². The third kappa shape index (κ3) is 5.40. The highest BCUT2D eigenvalue weighted by molar-refractivity contribution is 7.90. The van der Waals surface area contributed by atoms with Crippen LogP contribution in [-0.2, 0) is 27.5 Å². The predicted molar refractivity (Wildman–Crippen MR) is 104 cm³/mol. The van der Waals surface area contributed by atoms with E-state index in [4.69, 9.17) is 5.11 Å². The molecule has 0 aliphatic rings. The summed E-state index contributed by atoms with van der Waals surface area (Å²) < 4.78 is 23.9. The molecular weight excluding hydrogens is 366 g/mol. The van der Waals surface area contributed by atoms with Crippen molar-refractivity contribution in [2.45, 2.75) is 31.6 Å². The highest BCUT2D eigenvalue weighted by atomic mass is 32.2. The van der Waals surface area contributed by atoms with Crippen molar-refractivity contribution in [3.8, 4) is 0 Å². The first-order chi connectivity index (χ1) is 12.6. The van der Waals surface area contributed by atoms with Crippen molar-refractivity contribution in [1.82, 2.24) is 0 Å². The lowest BCUT2D eigenvalue weighted by atomic mass is 10.0. The summed E-state index contributed by atoms with van der Waals surface area (Å²) in [4.78, 5) is 23.5. The summed E-state index contributed by atoms with van der Waals surface area (Å²) in [5, 5.41) is 11.7. The van der Waals surface area contributed by atoms with Gasteiger partial charge in [-0.15, -0.1) is 0 Å². The molecule has 2 N–H and O–H groups in total. The van der Waals surface area contributed by atoms with E-state index in [0.29, 0.717) is 24.1 Å². The molecule has 2 aromatic carbocycles. The van der Waals surface area contributed by atoms with Crippen LogP contribution >= 0.6 is 0 Å². The number of sulfone groups is 1. The molecule has 0 aliphatic heterocycles. The predicted octanol–water partition coefficient (Wildman–Crippen LogP) is 3.17. The van der Waals surface area contributed by atoms with Gasteiger partial charge in [-0.05, 0) is 48.2 Å². The van der Waals surface area contributed by atoms with E-state index < -0.39 is 27.6 Å². The molecule has 0 saturated carbocycles. The first kappa shape index (κ1) is 20.6. The fraction of sp³-hybridized carbons (Fsp3) is 0.300. The largest absolute Gasteiger partial charge is 0.481 e. The lowest BCUT2D eigenvalue weighted by Crippen LogP contribution is -2.14. The number of carbonyl (C=O) groups excluding carboxylic acids is 1. The number of carboxylic acid groups (broad SMARTS) is 1. The standard InChI is InChI=1S/C20H23NO5S/c1-4-15-7-8-16(12-18(15)27(3,25)26)19(22)21-17-9-5-14(6-10-17)11-13(2)20(23)24/h5-10,12-13H,4,11H2,1-3H3,(H,21,22)(H,23,24). The van der Waals surface area contributed by atoms with Gasteiger partial charge in [0.25, 0.3) is 5.91 Å². The zero-order chi connectivity index (χ0) is 20.2. The molecule has 0 bridgehead atoms. The number of aliphatic carboxylic acids is 1. The van der Waals surface area contributed by atoms with Gasteiger partial charge in [0, 0.05) is 17.5 Å². The van der Waals surface area contributed by atoms with E-state index in [1.807, 2.05) is 6.92 Å². The molecule has 144 valence electrons. The van der Waals surface area contributed by atoms with Crippen LogP contribution in [0.25, 0.3) is 0 Å². The minimum absolute atomic E-state index is 0.163. The van der Waals surface area contributed by atoms with Gasteiger partial charge in [-0.2, -0.15) is 0 Å². The summed E-state index contributed by atoms with van der Waals surface area (Å²) in [5.74, 6) is -1.75. The van der Waals surface area contributed by atoms with Gasteiger partial charge in [-0.25, -0.2) is 8.42 Å². The summed E-state index contributed by atoms with van der Waals surface area (Å²) in [7, 11) is -3.43. The van der Waals surface area contributed by atoms with Gasteiger partial charge in [-0.1, -0.05) is 32.0 Å². The zero-order valence-electron chi connectivity index (χ0n) is 15.5. The van der Waals surface area contributed by atoms with Crippen LogP contribution in [0.4, 0.5) is 5.69 Å². The minimum Gasteiger partial charge on any atom is -0.481 e. The van der Waals surface area contributed by atoms with Gasteiger partial charge in [0.1, 0.15) is 0 Å². The Morgan fingerprint density at radius 1 is 1.11 bits per heavy atom. The summed E-state index contributed by atoms with van der Waals surface area (Å²) in [6.45, 7) is 3.49. The molecule has 2 aromatic rings. The zero-order valence-corrected chi connectivity index (χ0v) is 16.3. The Hall–Kier alpha value is -2.67. The fourth-order valence-corrected chi connectivity index (χ4v) is 3.73. The van der Waals surface area contributed by atoms with Crippen molar-refractivity contribution in [1.29, 1.82) is 0 Å². The molecule has 1 unspecified atom stereocenters. The lowest BCUT2D eigenvalue weighted by molar-refractivity contribution is -0.141. The highest BCUT2D eigenvalue weighted by Crippen LogP contribution is 2.20. The molecule has 0 radical (unpaired) electrons. The third-order valence-electron chi connectivity index (χ3n) is 4.28. The topological polar surface area (TPSA) is 101 Å². The molecule has 0 heterocycles. The van der Waals surface area contributed by atoms with Crippen LogP contribution in [0, 0.1) is 5.92 Å².